The molecule has 1 aliphatic carbocycles. The SMILES string of the molecule is Cc1cc(OCc2ccn(C3CCCC3)n2)ccc1Br. The van der Waals surface area contributed by atoms with Crippen molar-refractivity contribution in [1.82, 2.24) is 9.78 Å². The lowest BCUT2D eigenvalue weighted by Crippen LogP contribution is -2.06. The van der Waals surface area contributed by atoms with Gasteiger partial charge in [0.15, 0.2) is 0 Å². The van der Waals surface area contributed by atoms with Gasteiger partial charge in [-0.2, -0.15) is 5.10 Å². The number of hydrogen-bond acceptors (Lipinski definition) is 2. The summed E-state index contributed by atoms with van der Waals surface area (Å²) in [7, 11) is 0. The summed E-state index contributed by atoms with van der Waals surface area (Å²) in [4.78, 5) is 0. The summed E-state index contributed by atoms with van der Waals surface area (Å²) in [5.41, 5.74) is 2.18. The first-order valence-corrected chi connectivity index (χ1v) is 7.94. The third-order valence-corrected chi connectivity index (χ3v) is 4.77. The maximum absolute atomic E-state index is 5.81. The van der Waals surface area contributed by atoms with E-state index in [1.807, 2.05) is 18.2 Å². The predicted octanol–water partition coefficient (Wildman–Crippen LogP) is 4.65. The molecule has 0 aliphatic heterocycles. The monoisotopic (exact) mass is 334 g/mol. The maximum Gasteiger partial charge on any atom is 0.132 e. The Morgan fingerprint density at radius 2 is 2.10 bits per heavy atom. The van der Waals surface area contributed by atoms with E-state index in [-0.39, 0.29) is 0 Å². The van der Waals surface area contributed by atoms with Crippen molar-refractivity contribution in [3.63, 3.8) is 0 Å². The zero-order valence-corrected chi connectivity index (χ0v) is 13.3. The Bertz CT molecular complexity index is 588. The van der Waals surface area contributed by atoms with Crippen molar-refractivity contribution in [3.8, 4) is 5.75 Å². The summed E-state index contributed by atoms with van der Waals surface area (Å²) in [6.45, 7) is 2.59. The summed E-state index contributed by atoms with van der Waals surface area (Å²) in [6.07, 6.45) is 7.26. The van der Waals surface area contributed by atoms with Crippen LogP contribution in [0, 0.1) is 6.92 Å². The Balaban J connectivity index is 1.61. The van der Waals surface area contributed by atoms with Crippen molar-refractivity contribution < 1.29 is 4.74 Å². The molecule has 2 aromatic rings. The molecule has 0 bridgehead atoms. The lowest BCUT2D eigenvalue weighted by molar-refractivity contribution is 0.297. The average Bonchev–Trinajstić information content (AvgIpc) is 3.09. The zero-order valence-electron chi connectivity index (χ0n) is 11.7. The second-order valence-corrected chi connectivity index (χ2v) is 6.28. The first-order chi connectivity index (χ1) is 9.72. The molecule has 1 aromatic heterocycles. The molecular weight excluding hydrogens is 316 g/mol. The van der Waals surface area contributed by atoms with E-state index in [1.54, 1.807) is 0 Å². The molecule has 1 heterocycles. The first kappa shape index (κ1) is 13.7. The van der Waals surface area contributed by atoms with Crippen molar-refractivity contribution in [2.24, 2.45) is 0 Å². The Hall–Kier alpha value is -1.29. The molecule has 4 heteroatoms. The summed E-state index contributed by atoms with van der Waals surface area (Å²) in [5, 5.41) is 4.63. The summed E-state index contributed by atoms with van der Waals surface area (Å²) in [6, 6.07) is 8.69. The van der Waals surface area contributed by atoms with E-state index < -0.39 is 0 Å². The van der Waals surface area contributed by atoms with Crippen LogP contribution in [0.1, 0.15) is 43.0 Å². The van der Waals surface area contributed by atoms with Gasteiger partial charge in [-0.25, -0.2) is 0 Å². The molecular formula is C16H19BrN2O. The Kier molecular flexibility index (Phi) is 4.10. The molecule has 20 heavy (non-hydrogen) atoms. The highest BCUT2D eigenvalue weighted by Gasteiger charge is 2.17. The number of ether oxygens (including phenoxy) is 1. The zero-order chi connectivity index (χ0) is 13.9. The van der Waals surface area contributed by atoms with Gasteiger partial charge in [0.1, 0.15) is 12.4 Å². The minimum atomic E-state index is 0.529. The molecule has 0 atom stereocenters. The normalized spacial score (nSPS) is 15.7. The van der Waals surface area contributed by atoms with Crippen LogP contribution < -0.4 is 4.74 Å². The fourth-order valence-electron chi connectivity index (χ4n) is 2.69. The van der Waals surface area contributed by atoms with E-state index in [2.05, 4.69) is 44.9 Å². The molecule has 0 amide bonds. The van der Waals surface area contributed by atoms with E-state index in [1.165, 1.54) is 31.2 Å². The molecule has 1 aliphatic rings. The van der Waals surface area contributed by atoms with Crippen LogP contribution in [0.5, 0.6) is 5.75 Å². The predicted molar refractivity (Wildman–Crippen MR) is 82.9 cm³/mol. The molecule has 3 rings (SSSR count). The number of rotatable bonds is 4. The van der Waals surface area contributed by atoms with Crippen LogP contribution in [0.2, 0.25) is 0 Å². The first-order valence-electron chi connectivity index (χ1n) is 7.15. The van der Waals surface area contributed by atoms with Crippen LogP contribution in [0.25, 0.3) is 0 Å². The van der Waals surface area contributed by atoms with Gasteiger partial charge in [0, 0.05) is 10.7 Å². The topological polar surface area (TPSA) is 27.1 Å². The van der Waals surface area contributed by atoms with Gasteiger partial charge in [-0.1, -0.05) is 28.8 Å². The smallest absolute Gasteiger partial charge is 0.132 e. The maximum atomic E-state index is 5.81. The van der Waals surface area contributed by atoms with Crippen LogP contribution in [0.15, 0.2) is 34.9 Å². The van der Waals surface area contributed by atoms with Crippen LogP contribution in [0.3, 0.4) is 0 Å². The van der Waals surface area contributed by atoms with Gasteiger partial charge < -0.3 is 4.74 Å². The van der Waals surface area contributed by atoms with Crippen molar-refractivity contribution in [1.29, 1.82) is 0 Å². The van der Waals surface area contributed by atoms with Gasteiger partial charge in [-0.3, -0.25) is 4.68 Å². The summed E-state index contributed by atoms with van der Waals surface area (Å²) >= 11 is 3.50. The van der Waals surface area contributed by atoms with E-state index in [0.29, 0.717) is 12.6 Å². The van der Waals surface area contributed by atoms with Crippen LogP contribution in [-0.4, -0.2) is 9.78 Å². The number of hydrogen-bond donors (Lipinski definition) is 0. The van der Waals surface area contributed by atoms with E-state index in [9.17, 15) is 0 Å². The van der Waals surface area contributed by atoms with Gasteiger partial charge >= 0.3 is 0 Å². The Morgan fingerprint density at radius 3 is 2.85 bits per heavy atom. The largest absolute Gasteiger partial charge is 0.487 e. The fourth-order valence-corrected chi connectivity index (χ4v) is 2.94. The van der Waals surface area contributed by atoms with Crippen LogP contribution in [0.4, 0.5) is 0 Å². The average molecular weight is 335 g/mol. The highest BCUT2D eigenvalue weighted by molar-refractivity contribution is 9.10. The molecule has 0 N–H and O–H groups in total. The van der Waals surface area contributed by atoms with Gasteiger partial charge in [-0.15, -0.1) is 0 Å². The molecule has 3 nitrogen and oxygen atoms in total. The third-order valence-electron chi connectivity index (χ3n) is 3.88. The van der Waals surface area contributed by atoms with Gasteiger partial charge in [0.2, 0.25) is 0 Å². The molecule has 1 saturated carbocycles. The van der Waals surface area contributed by atoms with Crippen molar-refractivity contribution >= 4 is 15.9 Å². The summed E-state index contributed by atoms with van der Waals surface area (Å²) in [5.74, 6) is 0.890. The molecule has 0 radical (unpaired) electrons. The van der Waals surface area contributed by atoms with Crippen molar-refractivity contribution in [2.45, 2.75) is 45.3 Å². The second-order valence-electron chi connectivity index (χ2n) is 5.43. The fraction of sp³-hybridized carbons (Fsp3) is 0.438. The Morgan fingerprint density at radius 1 is 1.30 bits per heavy atom. The van der Waals surface area contributed by atoms with Crippen LogP contribution in [-0.2, 0) is 6.61 Å². The molecule has 106 valence electrons. The molecule has 0 saturated heterocycles. The number of nitrogens with zero attached hydrogens (tertiary/aromatic N) is 2. The lowest BCUT2D eigenvalue weighted by atomic mass is 10.2. The second kappa shape index (κ2) is 6.00. The van der Waals surface area contributed by atoms with E-state index in [0.717, 1.165) is 15.9 Å². The third kappa shape index (κ3) is 3.06. The van der Waals surface area contributed by atoms with Gasteiger partial charge in [0.05, 0.1) is 11.7 Å². The number of benzene rings is 1. The van der Waals surface area contributed by atoms with Gasteiger partial charge in [-0.05, 0) is 49.6 Å². The molecule has 1 fully saturated rings. The molecule has 0 spiro atoms. The standard InChI is InChI=1S/C16H19BrN2O/c1-12-10-15(6-7-16(12)17)20-11-13-8-9-19(18-13)14-4-2-3-5-14/h6-10,14H,2-5,11H2,1H3. The molecule has 0 unspecified atom stereocenters. The van der Waals surface area contributed by atoms with Crippen molar-refractivity contribution in [2.75, 3.05) is 0 Å². The minimum absolute atomic E-state index is 0.529. The Labute approximate surface area is 128 Å². The number of halogens is 1. The van der Waals surface area contributed by atoms with E-state index in [4.69, 9.17) is 4.74 Å². The number of aryl methyl sites for hydroxylation is 1. The molecule has 1 aromatic carbocycles. The van der Waals surface area contributed by atoms with Crippen LogP contribution >= 0.6 is 15.9 Å². The number of aromatic nitrogens is 2. The minimum Gasteiger partial charge on any atom is -0.487 e. The summed E-state index contributed by atoms with van der Waals surface area (Å²) < 4.78 is 9.02. The lowest BCUT2D eigenvalue weighted by Gasteiger charge is -2.09. The highest BCUT2D eigenvalue weighted by atomic mass is 79.9. The highest BCUT2D eigenvalue weighted by Crippen LogP contribution is 2.29. The van der Waals surface area contributed by atoms with E-state index >= 15 is 0 Å². The van der Waals surface area contributed by atoms with Crippen molar-refractivity contribution in [3.05, 3.63) is 46.2 Å². The quantitative estimate of drug-likeness (QED) is 0.813. The van der Waals surface area contributed by atoms with Gasteiger partial charge in [0.25, 0.3) is 0 Å².